The molecule has 2 aromatic carbocycles. The highest BCUT2D eigenvalue weighted by Crippen LogP contribution is 2.38. The third-order valence-electron chi connectivity index (χ3n) is 4.71. The molecule has 0 amide bonds. The van der Waals surface area contributed by atoms with Crippen LogP contribution in [0.2, 0.25) is 0 Å². The predicted octanol–water partition coefficient (Wildman–Crippen LogP) is 4.15. The van der Waals surface area contributed by atoms with Crippen LogP contribution >= 0.6 is 0 Å². The van der Waals surface area contributed by atoms with Crippen molar-refractivity contribution in [2.24, 2.45) is 0 Å². The zero-order valence-electron chi connectivity index (χ0n) is 14.1. The first-order chi connectivity index (χ1) is 11.1. The molecule has 0 saturated carbocycles. The molecule has 0 unspecified atom stereocenters. The fourth-order valence-corrected chi connectivity index (χ4v) is 3.35. The molecule has 1 N–H and O–H groups in total. The predicted molar refractivity (Wildman–Crippen MR) is 93.1 cm³/mol. The van der Waals surface area contributed by atoms with E-state index in [0.717, 1.165) is 25.2 Å². The average Bonchev–Trinajstić information content (AvgIpc) is 2.55. The van der Waals surface area contributed by atoms with Gasteiger partial charge in [0.15, 0.2) is 0 Å². The van der Waals surface area contributed by atoms with E-state index in [9.17, 15) is 5.11 Å². The second kappa shape index (κ2) is 6.63. The van der Waals surface area contributed by atoms with Crippen molar-refractivity contribution in [3.8, 4) is 11.5 Å². The number of aromatic hydroxyl groups is 1. The number of benzene rings is 2. The molecular weight excluding hydrogens is 286 g/mol. The van der Waals surface area contributed by atoms with Crippen LogP contribution in [0.1, 0.15) is 43.0 Å². The van der Waals surface area contributed by atoms with Crippen LogP contribution in [0.25, 0.3) is 0 Å². The smallest absolute Gasteiger partial charge is 0.119 e. The number of phenolic OH excluding ortho intramolecular Hbond substituents is 1. The number of nitrogens with zero attached hydrogens (tertiary/aromatic N) is 1. The van der Waals surface area contributed by atoms with Crippen LogP contribution in [0, 0.1) is 0 Å². The van der Waals surface area contributed by atoms with Gasteiger partial charge in [-0.1, -0.05) is 25.1 Å². The molecule has 0 saturated heterocycles. The van der Waals surface area contributed by atoms with Gasteiger partial charge in [0.25, 0.3) is 0 Å². The molecule has 23 heavy (non-hydrogen) atoms. The van der Waals surface area contributed by atoms with Gasteiger partial charge in [0.05, 0.1) is 12.6 Å². The maximum absolute atomic E-state index is 9.79. The quantitative estimate of drug-likeness (QED) is 0.921. The monoisotopic (exact) mass is 311 g/mol. The van der Waals surface area contributed by atoms with Gasteiger partial charge in [-0.3, -0.25) is 4.90 Å². The van der Waals surface area contributed by atoms with Crippen molar-refractivity contribution >= 4 is 0 Å². The highest BCUT2D eigenvalue weighted by Gasteiger charge is 2.30. The van der Waals surface area contributed by atoms with Gasteiger partial charge in [-0.25, -0.2) is 0 Å². The van der Waals surface area contributed by atoms with E-state index >= 15 is 0 Å². The van der Waals surface area contributed by atoms with Crippen molar-refractivity contribution in [1.82, 2.24) is 4.90 Å². The van der Waals surface area contributed by atoms with Gasteiger partial charge in [0.2, 0.25) is 0 Å². The molecule has 3 heteroatoms. The highest BCUT2D eigenvalue weighted by atomic mass is 16.5. The summed E-state index contributed by atoms with van der Waals surface area (Å²) in [5, 5.41) is 9.79. The Morgan fingerprint density at radius 3 is 2.61 bits per heavy atom. The molecule has 1 aliphatic heterocycles. The molecule has 1 heterocycles. The lowest BCUT2D eigenvalue weighted by Gasteiger charge is -2.39. The van der Waals surface area contributed by atoms with Crippen molar-refractivity contribution in [3.63, 3.8) is 0 Å². The molecule has 2 aromatic rings. The van der Waals surface area contributed by atoms with E-state index < -0.39 is 0 Å². The van der Waals surface area contributed by atoms with Gasteiger partial charge in [0, 0.05) is 6.04 Å². The van der Waals surface area contributed by atoms with Gasteiger partial charge >= 0.3 is 0 Å². The number of ether oxygens (including phenoxy) is 1. The Balaban J connectivity index is 1.94. The summed E-state index contributed by atoms with van der Waals surface area (Å²) in [5.41, 5.74) is 3.78. The van der Waals surface area contributed by atoms with Gasteiger partial charge in [0.1, 0.15) is 11.5 Å². The Morgan fingerprint density at radius 1 is 1.17 bits per heavy atom. The van der Waals surface area contributed by atoms with Crippen LogP contribution in [0.5, 0.6) is 11.5 Å². The second-order valence-electron chi connectivity index (χ2n) is 6.42. The first-order valence-electron chi connectivity index (χ1n) is 8.36. The first-order valence-corrected chi connectivity index (χ1v) is 8.36. The molecule has 0 bridgehead atoms. The fraction of sp³-hybridized carbons (Fsp3) is 0.400. The van der Waals surface area contributed by atoms with Gasteiger partial charge in [-0.15, -0.1) is 0 Å². The van der Waals surface area contributed by atoms with Crippen molar-refractivity contribution < 1.29 is 9.84 Å². The van der Waals surface area contributed by atoms with Gasteiger partial charge < -0.3 is 9.84 Å². The molecule has 0 aliphatic carbocycles. The maximum atomic E-state index is 9.79. The number of phenols is 1. The second-order valence-corrected chi connectivity index (χ2v) is 6.42. The van der Waals surface area contributed by atoms with Crippen LogP contribution in [0.15, 0.2) is 42.5 Å². The Hall–Kier alpha value is -2.00. The van der Waals surface area contributed by atoms with E-state index in [4.69, 9.17) is 4.74 Å². The van der Waals surface area contributed by atoms with Crippen LogP contribution in [-0.4, -0.2) is 29.7 Å². The SMILES string of the molecule is CCCOc1ccc([C@H]2c3ccc(O)cc3C[C@H](C)N2C)cc1. The van der Waals surface area contributed by atoms with E-state index in [1.807, 2.05) is 6.07 Å². The highest BCUT2D eigenvalue weighted by molar-refractivity contribution is 5.44. The van der Waals surface area contributed by atoms with E-state index in [-0.39, 0.29) is 6.04 Å². The Labute approximate surface area is 138 Å². The molecule has 0 fully saturated rings. The summed E-state index contributed by atoms with van der Waals surface area (Å²) < 4.78 is 5.68. The summed E-state index contributed by atoms with van der Waals surface area (Å²) in [6.07, 6.45) is 1.98. The van der Waals surface area contributed by atoms with Crippen LogP contribution in [0.3, 0.4) is 0 Å². The Morgan fingerprint density at radius 2 is 1.91 bits per heavy atom. The summed E-state index contributed by atoms with van der Waals surface area (Å²) in [6, 6.07) is 14.8. The van der Waals surface area contributed by atoms with Crippen molar-refractivity contribution in [2.75, 3.05) is 13.7 Å². The molecule has 1 aliphatic rings. The third-order valence-corrected chi connectivity index (χ3v) is 4.71. The largest absolute Gasteiger partial charge is 0.508 e. The van der Waals surface area contributed by atoms with Crippen molar-refractivity contribution in [2.45, 2.75) is 38.8 Å². The van der Waals surface area contributed by atoms with E-state index in [0.29, 0.717) is 11.8 Å². The Kier molecular flexibility index (Phi) is 4.58. The van der Waals surface area contributed by atoms with Crippen molar-refractivity contribution in [1.29, 1.82) is 0 Å². The fourth-order valence-electron chi connectivity index (χ4n) is 3.35. The van der Waals surface area contributed by atoms with Crippen LogP contribution in [0.4, 0.5) is 0 Å². The number of fused-ring (bicyclic) bond motifs is 1. The molecule has 122 valence electrons. The minimum Gasteiger partial charge on any atom is -0.508 e. The lowest BCUT2D eigenvalue weighted by molar-refractivity contribution is 0.193. The van der Waals surface area contributed by atoms with E-state index in [1.54, 1.807) is 6.07 Å². The maximum Gasteiger partial charge on any atom is 0.119 e. The minimum absolute atomic E-state index is 0.217. The van der Waals surface area contributed by atoms with Gasteiger partial charge in [-0.05, 0) is 67.8 Å². The van der Waals surface area contributed by atoms with Crippen LogP contribution in [-0.2, 0) is 6.42 Å². The lowest BCUT2D eigenvalue weighted by Crippen LogP contribution is -2.39. The molecule has 0 spiro atoms. The molecule has 0 radical (unpaired) electrons. The van der Waals surface area contributed by atoms with E-state index in [2.05, 4.69) is 56.1 Å². The summed E-state index contributed by atoms with van der Waals surface area (Å²) >= 11 is 0. The Bertz CT molecular complexity index is 666. The standard InChI is InChI=1S/C20H25NO2/c1-4-11-23-18-8-5-15(6-9-18)20-19-10-7-17(22)13-16(19)12-14(2)21(20)3/h5-10,13-14,20,22H,4,11-12H2,1-3H3/t14-,20-/m0/s1. The summed E-state index contributed by atoms with van der Waals surface area (Å²) in [5.74, 6) is 1.27. The topological polar surface area (TPSA) is 32.7 Å². The molecule has 2 atom stereocenters. The number of hydrogen-bond donors (Lipinski definition) is 1. The molecule has 3 nitrogen and oxygen atoms in total. The minimum atomic E-state index is 0.217. The number of hydrogen-bond acceptors (Lipinski definition) is 3. The normalized spacial score (nSPS) is 21.0. The molecule has 3 rings (SSSR count). The van der Waals surface area contributed by atoms with Gasteiger partial charge in [-0.2, -0.15) is 0 Å². The molecule has 0 aromatic heterocycles. The first kappa shape index (κ1) is 15.9. The van der Waals surface area contributed by atoms with Crippen molar-refractivity contribution in [3.05, 3.63) is 59.2 Å². The zero-order valence-corrected chi connectivity index (χ0v) is 14.1. The molecular formula is C20H25NO2. The van der Waals surface area contributed by atoms with Crippen LogP contribution < -0.4 is 4.74 Å². The third kappa shape index (κ3) is 3.20. The zero-order chi connectivity index (χ0) is 16.4. The number of rotatable bonds is 4. The lowest BCUT2D eigenvalue weighted by atomic mass is 9.85. The average molecular weight is 311 g/mol. The summed E-state index contributed by atoms with van der Waals surface area (Å²) in [4.78, 5) is 2.40. The summed E-state index contributed by atoms with van der Waals surface area (Å²) in [6.45, 7) is 5.10. The summed E-state index contributed by atoms with van der Waals surface area (Å²) in [7, 11) is 2.17. The number of likely N-dealkylation sites (N-methyl/N-ethyl adjacent to an activating group) is 1. The van der Waals surface area contributed by atoms with E-state index in [1.165, 1.54) is 16.7 Å².